The number of fused-ring (bicyclic) bond motifs is 1. The number of imide groups is 1. The third kappa shape index (κ3) is 2.54. The van der Waals surface area contributed by atoms with E-state index in [2.05, 4.69) is 10.5 Å². The summed E-state index contributed by atoms with van der Waals surface area (Å²) in [6.07, 6.45) is 1.56. The van der Waals surface area contributed by atoms with Gasteiger partial charge in [0, 0.05) is 6.54 Å². The van der Waals surface area contributed by atoms with Gasteiger partial charge in [0.1, 0.15) is 12.1 Å². The molecule has 1 atom stereocenters. The number of nitrogens with two attached hydrogens (primary N) is 1. The van der Waals surface area contributed by atoms with Crippen LogP contribution in [0.25, 0.3) is 0 Å². The fourth-order valence-corrected chi connectivity index (χ4v) is 2.81. The van der Waals surface area contributed by atoms with E-state index in [1.165, 1.54) is 4.90 Å². The molecule has 9 heteroatoms. The van der Waals surface area contributed by atoms with Crippen LogP contribution in [0.2, 0.25) is 0 Å². The van der Waals surface area contributed by atoms with Crippen molar-refractivity contribution in [1.82, 2.24) is 4.90 Å². The average Bonchev–Trinajstić information content (AvgIpc) is 3.13. The van der Waals surface area contributed by atoms with Crippen molar-refractivity contribution in [2.45, 2.75) is 18.9 Å². The van der Waals surface area contributed by atoms with E-state index in [9.17, 15) is 9.59 Å². The SMILES string of the molecule is N#C/C(=N\Nc1ccc(N2C(=O)C3CCCN3C2=O)cc1)C(=N)N. The zero-order valence-electron chi connectivity index (χ0n) is 12.7. The van der Waals surface area contributed by atoms with Crippen LogP contribution >= 0.6 is 0 Å². The van der Waals surface area contributed by atoms with E-state index in [0.29, 0.717) is 24.3 Å². The van der Waals surface area contributed by atoms with Crippen molar-refractivity contribution in [3.05, 3.63) is 24.3 Å². The number of amides is 3. The zero-order chi connectivity index (χ0) is 17.3. The number of nitriles is 1. The van der Waals surface area contributed by atoms with Gasteiger partial charge in [0.05, 0.1) is 11.4 Å². The summed E-state index contributed by atoms with van der Waals surface area (Å²) in [4.78, 5) is 27.5. The van der Waals surface area contributed by atoms with Crippen LogP contribution in [-0.2, 0) is 4.79 Å². The molecule has 3 amide bonds. The van der Waals surface area contributed by atoms with Gasteiger partial charge in [-0.15, -0.1) is 0 Å². The van der Waals surface area contributed by atoms with Gasteiger partial charge in [-0.05, 0) is 37.1 Å². The van der Waals surface area contributed by atoms with Crippen molar-refractivity contribution in [3.8, 4) is 6.07 Å². The largest absolute Gasteiger partial charge is 0.382 e. The first-order valence-electron chi connectivity index (χ1n) is 7.35. The van der Waals surface area contributed by atoms with E-state index in [1.807, 2.05) is 0 Å². The summed E-state index contributed by atoms with van der Waals surface area (Å²) in [5.74, 6) is -0.630. The van der Waals surface area contributed by atoms with E-state index < -0.39 is 5.84 Å². The minimum absolute atomic E-state index is 0.195. The number of amidine groups is 1. The molecule has 0 bridgehead atoms. The van der Waals surface area contributed by atoms with E-state index in [0.717, 1.165) is 6.42 Å². The number of nitrogens with one attached hydrogen (secondary N) is 2. The molecule has 0 saturated carbocycles. The molecule has 2 aliphatic rings. The van der Waals surface area contributed by atoms with Gasteiger partial charge in [-0.25, -0.2) is 9.69 Å². The molecule has 2 aliphatic heterocycles. The fraction of sp³-hybridized carbons (Fsp3) is 0.267. The van der Waals surface area contributed by atoms with Crippen LogP contribution in [0.3, 0.4) is 0 Å². The fourth-order valence-electron chi connectivity index (χ4n) is 2.81. The van der Waals surface area contributed by atoms with Crippen LogP contribution in [0.1, 0.15) is 12.8 Å². The minimum Gasteiger partial charge on any atom is -0.382 e. The Morgan fingerprint density at radius 3 is 2.67 bits per heavy atom. The zero-order valence-corrected chi connectivity index (χ0v) is 12.7. The Morgan fingerprint density at radius 2 is 2.08 bits per heavy atom. The lowest BCUT2D eigenvalue weighted by molar-refractivity contribution is -0.119. The Bertz CT molecular complexity index is 756. The van der Waals surface area contributed by atoms with E-state index >= 15 is 0 Å². The second-order valence-corrected chi connectivity index (χ2v) is 5.45. The highest BCUT2D eigenvalue weighted by molar-refractivity contribution is 6.45. The van der Waals surface area contributed by atoms with Crippen LogP contribution < -0.4 is 16.1 Å². The van der Waals surface area contributed by atoms with Crippen molar-refractivity contribution in [2.75, 3.05) is 16.9 Å². The topological polar surface area (TPSA) is 139 Å². The van der Waals surface area contributed by atoms with Gasteiger partial charge in [-0.1, -0.05) is 0 Å². The van der Waals surface area contributed by atoms with Crippen LogP contribution in [-0.4, -0.2) is 41.0 Å². The summed E-state index contributed by atoms with van der Waals surface area (Å²) < 4.78 is 0. The Kier molecular flexibility index (Phi) is 3.87. The van der Waals surface area contributed by atoms with Crippen molar-refractivity contribution in [2.24, 2.45) is 10.8 Å². The average molecular weight is 325 g/mol. The Hall–Kier alpha value is -3.41. The van der Waals surface area contributed by atoms with Crippen LogP contribution in [0.5, 0.6) is 0 Å². The molecule has 2 saturated heterocycles. The molecule has 2 heterocycles. The number of hydrogen-bond donors (Lipinski definition) is 3. The molecule has 24 heavy (non-hydrogen) atoms. The highest BCUT2D eigenvalue weighted by atomic mass is 16.2. The number of carbonyl (C=O) groups is 2. The number of carbonyl (C=O) groups excluding carboxylic acids is 2. The summed E-state index contributed by atoms with van der Waals surface area (Å²) in [6.45, 7) is 0.613. The Labute approximate surface area is 137 Å². The van der Waals surface area contributed by atoms with Gasteiger partial charge in [-0.3, -0.25) is 15.6 Å². The van der Waals surface area contributed by atoms with E-state index in [4.69, 9.17) is 16.4 Å². The maximum Gasteiger partial charge on any atom is 0.332 e. The van der Waals surface area contributed by atoms with Crippen molar-refractivity contribution < 1.29 is 9.59 Å². The second-order valence-electron chi connectivity index (χ2n) is 5.45. The molecular formula is C15H15N7O2. The molecule has 3 rings (SSSR count). The lowest BCUT2D eigenvalue weighted by Crippen LogP contribution is -2.32. The van der Waals surface area contributed by atoms with Gasteiger partial charge in [-0.2, -0.15) is 10.4 Å². The van der Waals surface area contributed by atoms with Crippen molar-refractivity contribution in [3.63, 3.8) is 0 Å². The molecule has 0 spiro atoms. The maximum atomic E-state index is 12.4. The molecule has 4 N–H and O–H groups in total. The molecule has 122 valence electrons. The summed E-state index contributed by atoms with van der Waals surface area (Å²) >= 11 is 0. The van der Waals surface area contributed by atoms with Gasteiger partial charge in [0.2, 0.25) is 5.71 Å². The number of nitrogens with zero attached hydrogens (tertiary/aromatic N) is 4. The van der Waals surface area contributed by atoms with Crippen LogP contribution in [0.4, 0.5) is 16.2 Å². The first-order valence-corrected chi connectivity index (χ1v) is 7.35. The Morgan fingerprint density at radius 1 is 1.38 bits per heavy atom. The predicted octanol–water partition coefficient (Wildman–Crippen LogP) is 0.845. The third-order valence-electron chi connectivity index (χ3n) is 3.98. The first-order chi connectivity index (χ1) is 11.5. The monoisotopic (exact) mass is 325 g/mol. The molecule has 1 aromatic carbocycles. The molecule has 2 fully saturated rings. The number of anilines is 2. The lowest BCUT2D eigenvalue weighted by atomic mass is 10.2. The molecule has 0 aliphatic carbocycles. The maximum absolute atomic E-state index is 12.4. The standard InChI is InChI=1S/C15H15N7O2/c16-8-11(13(17)18)20-19-9-3-5-10(6-4-9)22-14(23)12-2-1-7-21(12)15(22)24/h3-6,12,19H,1-2,7H2,(H3,17,18)/b20-11+. The number of benzene rings is 1. The van der Waals surface area contributed by atoms with Crippen LogP contribution in [0.15, 0.2) is 29.4 Å². The summed E-state index contributed by atoms with van der Waals surface area (Å²) in [6, 6.07) is 7.56. The van der Waals surface area contributed by atoms with Gasteiger partial charge in [0.25, 0.3) is 5.91 Å². The van der Waals surface area contributed by atoms with Gasteiger partial charge < -0.3 is 10.6 Å². The Balaban J connectivity index is 1.76. The molecule has 1 unspecified atom stereocenters. The predicted molar refractivity (Wildman–Crippen MR) is 87.6 cm³/mol. The van der Waals surface area contributed by atoms with E-state index in [1.54, 1.807) is 35.2 Å². The van der Waals surface area contributed by atoms with Crippen molar-refractivity contribution in [1.29, 1.82) is 10.7 Å². The van der Waals surface area contributed by atoms with Crippen LogP contribution in [0, 0.1) is 16.7 Å². The van der Waals surface area contributed by atoms with E-state index in [-0.39, 0.29) is 23.7 Å². The molecular weight excluding hydrogens is 310 g/mol. The van der Waals surface area contributed by atoms with Gasteiger partial charge >= 0.3 is 6.03 Å². The quantitative estimate of drug-likeness (QED) is 0.326. The highest BCUT2D eigenvalue weighted by Gasteiger charge is 2.47. The third-order valence-corrected chi connectivity index (χ3v) is 3.98. The number of hydrazone groups is 1. The smallest absolute Gasteiger partial charge is 0.332 e. The van der Waals surface area contributed by atoms with Gasteiger partial charge in [0.15, 0.2) is 5.84 Å². The normalized spacial score (nSPS) is 20.1. The number of urea groups is 1. The molecule has 1 aromatic rings. The molecule has 0 radical (unpaired) electrons. The second kappa shape index (κ2) is 6.00. The summed E-state index contributed by atoms with van der Waals surface area (Å²) in [5, 5.41) is 19.7. The number of rotatable bonds is 4. The number of hydrogen-bond acceptors (Lipinski definition) is 6. The minimum atomic E-state index is -0.435. The molecule has 0 aromatic heterocycles. The van der Waals surface area contributed by atoms with Crippen molar-refractivity contribution >= 4 is 34.9 Å². The molecule has 9 nitrogen and oxygen atoms in total. The summed E-state index contributed by atoms with van der Waals surface area (Å²) in [7, 11) is 0. The summed E-state index contributed by atoms with van der Waals surface area (Å²) in [5.41, 5.74) is 8.59. The first kappa shape index (κ1) is 15.5. The lowest BCUT2D eigenvalue weighted by Gasteiger charge is -2.15. The highest BCUT2D eigenvalue weighted by Crippen LogP contribution is 2.31.